The summed E-state index contributed by atoms with van der Waals surface area (Å²) in [6.07, 6.45) is 0.880. The molecule has 0 bridgehead atoms. The van der Waals surface area contributed by atoms with Gasteiger partial charge in [0.15, 0.2) is 0 Å². The van der Waals surface area contributed by atoms with Crippen LogP contribution < -0.4 is 0 Å². The van der Waals surface area contributed by atoms with Gasteiger partial charge in [-0.25, -0.2) is 4.39 Å². The van der Waals surface area contributed by atoms with Crippen molar-refractivity contribution in [2.75, 3.05) is 20.1 Å². The van der Waals surface area contributed by atoms with Crippen LogP contribution in [0.25, 0.3) is 0 Å². The van der Waals surface area contributed by atoms with Crippen LogP contribution in [0.1, 0.15) is 17.9 Å². The first-order valence-electron chi connectivity index (χ1n) is 5.71. The third kappa shape index (κ3) is 2.85. The largest absolute Gasteiger partial charge is 0.306 e. The fourth-order valence-corrected chi connectivity index (χ4v) is 2.67. The van der Waals surface area contributed by atoms with E-state index in [2.05, 4.69) is 4.90 Å². The molecule has 0 aromatic heterocycles. The Kier molecular flexibility index (Phi) is 3.79. The first kappa shape index (κ1) is 12.5. The van der Waals surface area contributed by atoms with Crippen molar-refractivity contribution in [3.05, 3.63) is 35.6 Å². The molecule has 0 amide bonds. The molecule has 0 N–H and O–H groups in total. The number of benzene rings is 1. The van der Waals surface area contributed by atoms with Crippen LogP contribution in [0, 0.1) is 11.7 Å². The Morgan fingerprint density at radius 1 is 1.41 bits per heavy atom. The van der Waals surface area contributed by atoms with Gasteiger partial charge in [0.25, 0.3) is 0 Å². The molecule has 1 saturated heterocycles. The van der Waals surface area contributed by atoms with Gasteiger partial charge in [-0.1, -0.05) is 12.1 Å². The minimum atomic E-state index is -0.300. The molecule has 1 heterocycles. The molecule has 2 nitrogen and oxygen atoms in total. The fourth-order valence-electron chi connectivity index (χ4n) is 2.45. The number of likely N-dealkylation sites (tertiary alicyclic amines) is 1. The Hall–Kier alpha value is -0.930. The summed E-state index contributed by atoms with van der Waals surface area (Å²) in [4.78, 5) is 13.6. The van der Waals surface area contributed by atoms with Crippen LogP contribution >= 0.6 is 11.6 Å². The van der Waals surface area contributed by atoms with Gasteiger partial charge in [0.1, 0.15) is 5.82 Å². The molecule has 0 saturated carbocycles. The Labute approximate surface area is 105 Å². The van der Waals surface area contributed by atoms with E-state index in [1.165, 1.54) is 12.1 Å². The lowest BCUT2D eigenvalue weighted by Gasteiger charge is -2.35. The van der Waals surface area contributed by atoms with Crippen molar-refractivity contribution in [3.63, 3.8) is 0 Å². The van der Waals surface area contributed by atoms with Gasteiger partial charge in [0, 0.05) is 6.54 Å². The van der Waals surface area contributed by atoms with Gasteiger partial charge in [-0.3, -0.25) is 4.79 Å². The number of carbonyl (C=O) groups excluding carboxylic acids is 1. The number of hydrogen-bond acceptors (Lipinski definition) is 2. The second-order valence-electron chi connectivity index (χ2n) is 4.62. The molecule has 0 radical (unpaired) electrons. The number of carbonyl (C=O) groups is 1. The monoisotopic (exact) mass is 255 g/mol. The zero-order chi connectivity index (χ0) is 12.4. The average Bonchev–Trinajstić information content (AvgIpc) is 2.30. The lowest BCUT2D eigenvalue weighted by molar-refractivity contribution is -0.117. The van der Waals surface area contributed by atoms with E-state index in [0.717, 1.165) is 18.5 Å². The molecule has 4 heteroatoms. The molecule has 2 atom stereocenters. The van der Waals surface area contributed by atoms with Crippen LogP contribution in [0.15, 0.2) is 24.3 Å². The maximum Gasteiger partial charge on any atom is 0.226 e. The van der Waals surface area contributed by atoms with Crippen molar-refractivity contribution in [2.24, 2.45) is 5.92 Å². The van der Waals surface area contributed by atoms with Crippen molar-refractivity contribution in [1.82, 2.24) is 4.90 Å². The highest BCUT2D eigenvalue weighted by Crippen LogP contribution is 2.33. The summed E-state index contributed by atoms with van der Waals surface area (Å²) < 4.78 is 12.9. The summed E-state index contributed by atoms with van der Waals surface area (Å²) in [5.74, 6) is -0.340. The van der Waals surface area contributed by atoms with E-state index in [0.29, 0.717) is 6.54 Å². The van der Waals surface area contributed by atoms with E-state index in [9.17, 15) is 9.18 Å². The van der Waals surface area contributed by atoms with E-state index >= 15 is 0 Å². The Morgan fingerprint density at radius 2 is 2.06 bits per heavy atom. The number of nitrogens with zero attached hydrogens (tertiary/aromatic N) is 1. The molecular formula is C13H15ClFNO. The summed E-state index contributed by atoms with van der Waals surface area (Å²) in [6, 6.07) is 6.36. The molecular weight excluding hydrogens is 241 g/mol. The lowest BCUT2D eigenvalue weighted by atomic mass is 9.81. The Morgan fingerprint density at radius 3 is 2.65 bits per heavy atom. The van der Waals surface area contributed by atoms with Gasteiger partial charge < -0.3 is 4.90 Å². The zero-order valence-corrected chi connectivity index (χ0v) is 10.5. The molecule has 2 rings (SSSR count). The molecule has 1 aliphatic rings. The van der Waals surface area contributed by atoms with Crippen LogP contribution in [0.3, 0.4) is 0 Å². The molecule has 17 heavy (non-hydrogen) atoms. The average molecular weight is 256 g/mol. The lowest BCUT2D eigenvalue weighted by Crippen LogP contribution is -2.39. The van der Waals surface area contributed by atoms with Gasteiger partial charge in [-0.2, -0.15) is 0 Å². The number of halogens is 2. The van der Waals surface area contributed by atoms with Gasteiger partial charge >= 0.3 is 0 Å². The molecule has 0 spiro atoms. The van der Waals surface area contributed by atoms with Crippen molar-refractivity contribution in [3.8, 4) is 0 Å². The van der Waals surface area contributed by atoms with Gasteiger partial charge in [0.2, 0.25) is 5.24 Å². The highest BCUT2D eigenvalue weighted by atomic mass is 35.5. The highest BCUT2D eigenvalue weighted by Gasteiger charge is 2.33. The normalized spacial score (nSPS) is 25.8. The van der Waals surface area contributed by atoms with E-state index in [1.54, 1.807) is 12.1 Å². The topological polar surface area (TPSA) is 20.3 Å². The Bertz CT molecular complexity index is 406. The van der Waals surface area contributed by atoms with Crippen molar-refractivity contribution >= 4 is 16.8 Å². The van der Waals surface area contributed by atoms with E-state index in [4.69, 9.17) is 11.6 Å². The quantitative estimate of drug-likeness (QED) is 0.758. The molecule has 2 unspecified atom stereocenters. The maximum atomic E-state index is 12.9. The van der Waals surface area contributed by atoms with Crippen molar-refractivity contribution < 1.29 is 9.18 Å². The number of hydrogen-bond donors (Lipinski definition) is 0. The molecule has 1 fully saturated rings. The van der Waals surface area contributed by atoms with Crippen molar-refractivity contribution in [2.45, 2.75) is 12.3 Å². The van der Waals surface area contributed by atoms with Crippen molar-refractivity contribution in [1.29, 1.82) is 0 Å². The molecule has 92 valence electrons. The number of piperidine rings is 1. The SMILES string of the molecule is CN1CCC(c2ccc(F)cc2)C(C(=O)Cl)C1. The molecule has 1 aliphatic heterocycles. The van der Waals surface area contributed by atoms with Crippen LogP contribution in [0.5, 0.6) is 0 Å². The second-order valence-corrected chi connectivity index (χ2v) is 4.99. The smallest absolute Gasteiger partial charge is 0.226 e. The predicted octanol–water partition coefficient (Wildman–Crippen LogP) is 2.63. The standard InChI is InChI=1S/C13H15ClFNO/c1-16-7-6-11(12(8-16)13(14)17)9-2-4-10(15)5-3-9/h2-5,11-12H,6-8H2,1H3. The summed E-state index contributed by atoms with van der Waals surface area (Å²) in [7, 11) is 1.98. The highest BCUT2D eigenvalue weighted by molar-refractivity contribution is 6.64. The summed E-state index contributed by atoms with van der Waals surface area (Å²) in [5.41, 5.74) is 0.999. The second kappa shape index (κ2) is 5.15. The molecule has 0 aliphatic carbocycles. The first-order valence-corrected chi connectivity index (χ1v) is 6.09. The summed E-state index contributed by atoms with van der Waals surface area (Å²) in [6.45, 7) is 1.60. The maximum absolute atomic E-state index is 12.9. The van der Waals surface area contributed by atoms with Gasteiger partial charge in [-0.05, 0) is 55.2 Å². The third-order valence-electron chi connectivity index (χ3n) is 3.41. The van der Waals surface area contributed by atoms with Gasteiger partial charge in [-0.15, -0.1) is 0 Å². The van der Waals surface area contributed by atoms with Crippen LogP contribution in [0.4, 0.5) is 4.39 Å². The number of rotatable bonds is 2. The van der Waals surface area contributed by atoms with E-state index in [1.807, 2.05) is 7.05 Å². The van der Waals surface area contributed by atoms with Crippen LogP contribution in [-0.2, 0) is 4.79 Å². The first-order chi connectivity index (χ1) is 8.08. The third-order valence-corrected chi connectivity index (χ3v) is 3.69. The summed E-state index contributed by atoms with van der Waals surface area (Å²) in [5, 5.41) is -0.300. The minimum absolute atomic E-state index is 0.108. The van der Waals surface area contributed by atoms with Gasteiger partial charge in [0.05, 0.1) is 5.92 Å². The minimum Gasteiger partial charge on any atom is -0.306 e. The van der Waals surface area contributed by atoms with E-state index < -0.39 is 0 Å². The zero-order valence-electron chi connectivity index (χ0n) is 9.70. The predicted molar refractivity (Wildman–Crippen MR) is 65.6 cm³/mol. The molecule has 1 aromatic rings. The fraction of sp³-hybridized carbons (Fsp3) is 0.462. The summed E-state index contributed by atoms with van der Waals surface area (Å²) >= 11 is 5.66. The molecule has 1 aromatic carbocycles. The Balaban J connectivity index is 2.23. The van der Waals surface area contributed by atoms with E-state index in [-0.39, 0.29) is 22.9 Å². The van der Waals surface area contributed by atoms with Crippen LogP contribution in [-0.4, -0.2) is 30.3 Å². The van der Waals surface area contributed by atoms with Crippen LogP contribution in [0.2, 0.25) is 0 Å².